The molecule has 0 saturated carbocycles. The van der Waals surface area contributed by atoms with Gasteiger partial charge in [-0.3, -0.25) is 19.4 Å². The molecule has 0 spiro atoms. The highest BCUT2D eigenvalue weighted by Crippen LogP contribution is 2.21. The van der Waals surface area contributed by atoms with Crippen molar-refractivity contribution in [2.45, 2.75) is 59.6 Å². The van der Waals surface area contributed by atoms with Crippen molar-refractivity contribution in [3.63, 3.8) is 0 Å². The molecule has 0 bridgehead atoms. The number of nitrogens with zero attached hydrogens (tertiary/aromatic N) is 5. The lowest BCUT2D eigenvalue weighted by Crippen LogP contribution is -2.38. The quantitative estimate of drug-likeness (QED) is 0.322. The van der Waals surface area contributed by atoms with Crippen LogP contribution >= 0.6 is 0 Å². The summed E-state index contributed by atoms with van der Waals surface area (Å²) in [5.74, 6) is -0.827. The third-order valence-corrected chi connectivity index (χ3v) is 6.78. The molecule has 13 heteroatoms. The molecule has 0 saturated heterocycles. The van der Waals surface area contributed by atoms with Crippen LogP contribution in [0.4, 0.5) is 14.9 Å². The lowest BCUT2D eigenvalue weighted by molar-refractivity contribution is -0.125. The highest BCUT2D eigenvalue weighted by Gasteiger charge is 2.25. The van der Waals surface area contributed by atoms with Gasteiger partial charge < -0.3 is 29.4 Å². The molecule has 0 unspecified atom stereocenters. The highest BCUT2D eigenvalue weighted by atomic mass is 19.1. The Labute approximate surface area is 249 Å². The van der Waals surface area contributed by atoms with Gasteiger partial charge in [-0.2, -0.15) is 0 Å². The van der Waals surface area contributed by atoms with E-state index in [0.29, 0.717) is 34.7 Å². The number of H-pyrrole nitrogens is 1. The fourth-order valence-electron chi connectivity index (χ4n) is 4.27. The average Bonchev–Trinajstić information content (AvgIpc) is 3.37. The first kappa shape index (κ1) is 33.0. The van der Waals surface area contributed by atoms with Gasteiger partial charge in [0.1, 0.15) is 17.0 Å². The molecule has 0 aromatic carbocycles. The zero-order valence-electron chi connectivity index (χ0n) is 25.9. The number of hydrogen-bond donors (Lipinski definition) is 2. The van der Waals surface area contributed by atoms with Crippen LogP contribution in [0.25, 0.3) is 11.0 Å². The van der Waals surface area contributed by atoms with Crippen molar-refractivity contribution in [3.8, 4) is 0 Å². The molecule has 0 fully saturated rings. The van der Waals surface area contributed by atoms with Crippen molar-refractivity contribution in [1.29, 1.82) is 0 Å². The molecule has 0 aliphatic rings. The summed E-state index contributed by atoms with van der Waals surface area (Å²) in [7, 11) is 6.21. The number of halogens is 1. The largest absolute Gasteiger partial charge is 0.436 e. The lowest BCUT2D eigenvalue weighted by atomic mass is 10.1. The Morgan fingerprint density at radius 3 is 2.49 bits per heavy atom. The van der Waals surface area contributed by atoms with Crippen LogP contribution in [0.1, 0.15) is 49.5 Å². The van der Waals surface area contributed by atoms with E-state index in [-0.39, 0.29) is 42.4 Å². The van der Waals surface area contributed by atoms with Crippen molar-refractivity contribution in [3.05, 3.63) is 63.4 Å². The second-order valence-corrected chi connectivity index (χ2v) is 11.2. The molecular weight excluding hydrogens is 557 g/mol. The number of aromatic amines is 1. The van der Waals surface area contributed by atoms with Crippen LogP contribution in [-0.2, 0) is 27.3 Å². The number of carbonyl (C=O) groups excluding carboxylic acids is 3. The second-order valence-electron chi connectivity index (χ2n) is 11.2. The minimum absolute atomic E-state index is 0.00576. The fourth-order valence-corrected chi connectivity index (χ4v) is 4.27. The molecule has 2 N–H and O–H groups in total. The SMILES string of the molecule is Cc1cc(NC(=O)[C@H](CC/C=C/C(=O)N(C)C)OC(=O)N(C)C)c(=O)n(Cc2nc3c(F)cnc(CC(C)C)c3[nH]2)c1C. The number of anilines is 1. The smallest absolute Gasteiger partial charge is 0.410 e. The van der Waals surface area contributed by atoms with Crippen molar-refractivity contribution in [1.82, 2.24) is 29.3 Å². The zero-order valence-corrected chi connectivity index (χ0v) is 25.9. The maximum atomic E-state index is 14.6. The number of likely N-dealkylation sites (N-methyl/N-ethyl adjacent to an activating group) is 1. The summed E-state index contributed by atoms with van der Waals surface area (Å²) in [5, 5.41) is 2.62. The predicted molar refractivity (Wildman–Crippen MR) is 161 cm³/mol. The zero-order chi connectivity index (χ0) is 32.0. The molecule has 43 heavy (non-hydrogen) atoms. The van der Waals surface area contributed by atoms with Gasteiger partial charge >= 0.3 is 6.09 Å². The molecular formula is C30H40FN7O5. The number of ether oxygens (including phenoxy) is 1. The first-order valence-corrected chi connectivity index (χ1v) is 14.0. The van der Waals surface area contributed by atoms with Crippen molar-refractivity contribution >= 4 is 34.6 Å². The molecule has 0 radical (unpaired) electrons. The molecule has 12 nitrogen and oxygen atoms in total. The molecule has 0 aliphatic carbocycles. The number of nitrogens with one attached hydrogen (secondary N) is 2. The number of allylic oxidation sites excluding steroid dienone is 1. The van der Waals surface area contributed by atoms with E-state index in [0.717, 1.165) is 6.20 Å². The van der Waals surface area contributed by atoms with Crippen LogP contribution in [0, 0.1) is 25.6 Å². The molecule has 3 aromatic heterocycles. The number of hydrogen-bond acceptors (Lipinski definition) is 7. The molecule has 3 aromatic rings. The van der Waals surface area contributed by atoms with Crippen molar-refractivity contribution in [2.24, 2.45) is 5.92 Å². The lowest BCUT2D eigenvalue weighted by Gasteiger charge is -2.20. The van der Waals surface area contributed by atoms with Gasteiger partial charge in [0.25, 0.3) is 11.5 Å². The van der Waals surface area contributed by atoms with Gasteiger partial charge in [-0.15, -0.1) is 0 Å². The number of pyridine rings is 2. The molecule has 3 amide bonds. The Morgan fingerprint density at radius 2 is 1.86 bits per heavy atom. The maximum Gasteiger partial charge on any atom is 0.410 e. The first-order valence-electron chi connectivity index (χ1n) is 14.0. The topological polar surface area (TPSA) is 143 Å². The first-order chi connectivity index (χ1) is 20.2. The standard InChI is InChI=1S/C30H40FN7O5/c1-17(2)13-21-27-26(20(31)15-32-21)34-24(35-27)16-38-19(4)18(3)14-22(29(38)41)33-28(40)23(43-30(42)37(7)8)11-9-10-12-25(39)36(5)6/h10,12,14-15,17,23H,9,11,13,16H2,1-8H3,(H,33,40)(H,34,35)/b12-10+/t23-/m0/s1. The number of imidazole rings is 1. The molecule has 232 valence electrons. The number of aryl methyl sites for hydroxylation is 1. The van der Waals surface area contributed by atoms with E-state index in [2.05, 4.69) is 20.3 Å². The van der Waals surface area contributed by atoms with E-state index < -0.39 is 29.5 Å². The van der Waals surface area contributed by atoms with Crippen LogP contribution in [0.3, 0.4) is 0 Å². The van der Waals surface area contributed by atoms with Crippen LogP contribution in [0.15, 0.2) is 29.2 Å². The minimum atomic E-state index is -1.23. The average molecular weight is 598 g/mol. The van der Waals surface area contributed by atoms with E-state index in [1.165, 1.54) is 34.5 Å². The molecule has 0 aliphatic heterocycles. The summed E-state index contributed by atoms with van der Waals surface area (Å²) >= 11 is 0. The van der Waals surface area contributed by atoms with E-state index >= 15 is 0 Å². The van der Waals surface area contributed by atoms with Gasteiger partial charge in [-0.1, -0.05) is 19.9 Å². The van der Waals surface area contributed by atoms with Crippen LogP contribution in [-0.4, -0.2) is 81.5 Å². The molecule has 3 heterocycles. The number of aromatic nitrogens is 4. The van der Waals surface area contributed by atoms with Gasteiger partial charge in [0.05, 0.1) is 24.0 Å². The van der Waals surface area contributed by atoms with Gasteiger partial charge in [0.2, 0.25) is 5.91 Å². The van der Waals surface area contributed by atoms with E-state index in [4.69, 9.17) is 4.74 Å². The van der Waals surface area contributed by atoms with Crippen LogP contribution < -0.4 is 10.9 Å². The summed E-state index contributed by atoms with van der Waals surface area (Å²) < 4.78 is 21.4. The van der Waals surface area contributed by atoms with E-state index in [1.807, 2.05) is 13.8 Å². The number of carbonyl (C=O) groups is 3. The number of fused-ring (bicyclic) bond motifs is 1. The summed E-state index contributed by atoms with van der Waals surface area (Å²) in [6, 6.07) is 1.55. The summed E-state index contributed by atoms with van der Waals surface area (Å²) in [4.78, 5) is 65.3. The normalized spacial score (nSPS) is 12.1. The Kier molecular flexibility index (Phi) is 10.8. The number of rotatable bonds is 11. The van der Waals surface area contributed by atoms with Crippen LogP contribution in [0.2, 0.25) is 0 Å². The Morgan fingerprint density at radius 1 is 1.16 bits per heavy atom. The summed E-state index contributed by atoms with van der Waals surface area (Å²) in [6.07, 6.45) is 3.13. The Bertz CT molecular complexity index is 1590. The maximum absolute atomic E-state index is 14.6. The summed E-state index contributed by atoms with van der Waals surface area (Å²) in [6.45, 7) is 7.62. The van der Waals surface area contributed by atoms with Gasteiger partial charge in [-0.05, 0) is 56.7 Å². The fraction of sp³-hybridized carbons (Fsp3) is 0.467. The van der Waals surface area contributed by atoms with E-state index in [1.54, 1.807) is 40.1 Å². The number of amides is 3. The minimum Gasteiger partial charge on any atom is -0.436 e. The molecule has 3 rings (SSSR count). The predicted octanol–water partition coefficient (Wildman–Crippen LogP) is 3.55. The third kappa shape index (κ3) is 8.27. The van der Waals surface area contributed by atoms with Crippen molar-refractivity contribution in [2.75, 3.05) is 33.5 Å². The monoisotopic (exact) mass is 597 g/mol. The highest BCUT2D eigenvalue weighted by molar-refractivity contribution is 5.95. The van der Waals surface area contributed by atoms with Gasteiger partial charge in [-0.25, -0.2) is 14.2 Å². The third-order valence-electron chi connectivity index (χ3n) is 6.78. The van der Waals surface area contributed by atoms with Crippen LogP contribution in [0.5, 0.6) is 0 Å². The Hall–Kier alpha value is -4.55. The van der Waals surface area contributed by atoms with Gasteiger partial charge in [0.15, 0.2) is 11.9 Å². The Balaban J connectivity index is 1.90. The van der Waals surface area contributed by atoms with Crippen molar-refractivity contribution < 1.29 is 23.5 Å². The van der Waals surface area contributed by atoms with E-state index in [9.17, 15) is 23.6 Å². The second kappa shape index (κ2) is 14.1. The summed E-state index contributed by atoms with van der Waals surface area (Å²) in [5.41, 5.74) is 2.16. The molecule has 1 atom stereocenters. The van der Waals surface area contributed by atoms with Gasteiger partial charge in [0, 0.05) is 33.9 Å².